The average molecular weight is 501 g/mol. The fourth-order valence-corrected chi connectivity index (χ4v) is 3.83. The van der Waals surface area contributed by atoms with Gasteiger partial charge in [-0.2, -0.15) is 5.10 Å². The second kappa shape index (κ2) is 8.24. The minimum atomic E-state index is -0.458. The summed E-state index contributed by atoms with van der Waals surface area (Å²) in [5.74, 6) is 0.333. The van der Waals surface area contributed by atoms with Crippen molar-refractivity contribution in [1.29, 1.82) is 0 Å². The molecule has 1 aromatic heterocycles. The lowest BCUT2D eigenvalue weighted by molar-refractivity contribution is 0.0929. The number of hydrogen-bond donors (Lipinski definition) is 1. The highest BCUT2D eigenvalue weighted by molar-refractivity contribution is 9.11. The van der Waals surface area contributed by atoms with E-state index in [1.54, 1.807) is 24.3 Å². The van der Waals surface area contributed by atoms with E-state index < -0.39 is 5.91 Å². The maximum Gasteiger partial charge on any atom is 0.307 e. The number of nitrogens with zero attached hydrogens (tertiary/aromatic N) is 1. The molecular weight excluding hydrogens is 487 g/mol. The number of rotatable bonds is 5. The van der Waals surface area contributed by atoms with Crippen molar-refractivity contribution in [1.82, 2.24) is 5.43 Å². The minimum Gasteiger partial charge on any atom is -0.493 e. The van der Waals surface area contributed by atoms with E-state index in [1.807, 2.05) is 19.1 Å². The van der Waals surface area contributed by atoms with Gasteiger partial charge in [0.2, 0.25) is 0 Å². The molecule has 3 aromatic rings. The van der Waals surface area contributed by atoms with Gasteiger partial charge in [0.1, 0.15) is 11.3 Å². The first kappa shape index (κ1) is 18.9. The van der Waals surface area contributed by atoms with Crippen molar-refractivity contribution >= 4 is 66.6 Å². The summed E-state index contributed by atoms with van der Waals surface area (Å²) in [5, 5.41) is 5.32. The molecule has 2 aromatic carbocycles. The number of carbonyl (C=O) groups excluding carboxylic acids is 1. The number of furan rings is 1. The lowest BCUT2D eigenvalue weighted by atomic mass is 10.2. The molecule has 134 valence electrons. The monoisotopic (exact) mass is 498 g/mol. The predicted molar refractivity (Wildman–Crippen MR) is 109 cm³/mol. The maximum absolute atomic E-state index is 12.3. The molecular formula is C18H13Br2ClN2O3. The molecule has 0 saturated carbocycles. The van der Waals surface area contributed by atoms with Crippen LogP contribution in [0.1, 0.15) is 23.0 Å². The molecule has 8 heteroatoms. The van der Waals surface area contributed by atoms with Crippen molar-refractivity contribution in [2.24, 2.45) is 5.10 Å². The molecule has 0 unspecified atom stereocenters. The maximum atomic E-state index is 12.3. The van der Waals surface area contributed by atoms with E-state index in [0.717, 1.165) is 14.3 Å². The van der Waals surface area contributed by atoms with Gasteiger partial charge in [-0.15, -0.1) is 0 Å². The smallest absolute Gasteiger partial charge is 0.307 e. The Labute approximate surface area is 171 Å². The Morgan fingerprint density at radius 1 is 1.31 bits per heavy atom. The first-order valence-electron chi connectivity index (χ1n) is 7.62. The quantitative estimate of drug-likeness (QED) is 0.357. The van der Waals surface area contributed by atoms with Gasteiger partial charge in [-0.05, 0) is 59.3 Å². The fourth-order valence-electron chi connectivity index (χ4n) is 2.31. The average Bonchev–Trinajstić information content (AvgIpc) is 3.01. The molecule has 0 aliphatic rings. The van der Waals surface area contributed by atoms with Crippen molar-refractivity contribution in [3.05, 3.63) is 61.7 Å². The highest BCUT2D eigenvalue weighted by atomic mass is 79.9. The zero-order chi connectivity index (χ0) is 18.7. The molecule has 0 bridgehead atoms. The van der Waals surface area contributed by atoms with E-state index in [9.17, 15) is 4.79 Å². The Bertz CT molecular complexity index is 1000. The minimum absolute atomic E-state index is 0.159. The van der Waals surface area contributed by atoms with Gasteiger partial charge in [-0.25, -0.2) is 5.43 Å². The molecule has 3 rings (SSSR count). The van der Waals surface area contributed by atoms with E-state index in [2.05, 4.69) is 42.4 Å². The normalized spacial score (nSPS) is 11.2. The summed E-state index contributed by atoms with van der Waals surface area (Å²) >= 11 is 12.8. The molecule has 1 amide bonds. The molecule has 0 radical (unpaired) electrons. The molecule has 0 atom stereocenters. The molecule has 0 aliphatic carbocycles. The van der Waals surface area contributed by atoms with Gasteiger partial charge in [0, 0.05) is 20.4 Å². The van der Waals surface area contributed by atoms with E-state index in [-0.39, 0.29) is 5.76 Å². The molecule has 5 nitrogen and oxygen atoms in total. The Morgan fingerprint density at radius 3 is 2.88 bits per heavy atom. The van der Waals surface area contributed by atoms with Crippen LogP contribution in [0.4, 0.5) is 0 Å². The molecule has 0 spiro atoms. The topological polar surface area (TPSA) is 63.8 Å². The molecule has 0 aliphatic heterocycles. The van der Waals surface area contributed by atoms with Gasteiger partial charge in [-0.3, -0.25) is 4.79 Å². The van der Waals surface area contributed by atoms with Gasteiger partial charge in [0.25, 0.3) is 0 Å². The Kier molecular flexibility index (Phi) is 6.01. The Balaban J connectivity index is 1.78. The first-order valence-corrected chi connectivity index (χ1v) is 9.58. The van der Waals surface area contributed by atoms with Crippen LogP contribution < -0.4 is 10.2 Å². The summed E-state index contributed by atoms with van der Waals surface area (Å²) in [5.41, 5.74) is 3.70. The van der Waals surface area contributed by atoms with Crippen LogP contribution >= 0.6 is 43.5 Å². The van der Waals surface area contributed by atoms with Gasteiger partial charge in [0.05, 0.1) is 17.3 Å². The number of nitrogens with one attached hydrogen (secondary N) is 1. The number of ether oxygens (including phenoxy) is 1. The van der Waals surface area contributed by atoms with Crippen molar-refractivity contribution < 1.29 is 13.9 Å². The van der Waals surface area contributed by atoms with Gasteiger partial charge in [0.15, 0.2) is 5.76 Å². The number of fused-ring (bicyclic) bond motifs is 1. The second-order valence-electron chi connectivity index (χ2n) is 5.23. The SMILES string of the molecule is CCOc1ccc(Cl)cc1/C=N\NC(=O)c1cc2cc(Br)cc(Br)c2o1. The van der Waals surface area contributed by atoms with Crippen LogP contribution in [0.2, 0.25) is 5.02 Å². The summed E-state index contributed by atoms with van der Waals surface area (Å²) < 4.78 is 12.7. The second-order valence-corrected chi connectivity index (χ2v) is 7.44. The van der Waals surface area contributed by atoms with Gasteiger partial charge < -0.3 is 9.15 Å². The van der Waals surface area contributed by atoms with Crippen LogP contribution in [0.5, 0.6) is 5.75 Å². The summed E-state index contributed by atoms with van der Waals surface area (Å²) in [6.07, 6.45) is 1.48. The van der Waals surface area contributed by atoms with E-state index >= 15 is 0 Å². The summed E-state index contributed by atoms with van der Waals surface area (Å²) in [7, 11) is 0. The third-order valence-corrected chi connectivity index (χ3v) is 4.68. The number of halogens is 3. The highest BCUT2D eigenvalue weighted by Crippen LogP contribution is 2.31. The highest BCUT2D eigenvalue weighted by Gasteiger charge is 2.14. The third-order valence-electron chi connectivity index (χ3n) is 3.40. The van der Waals surface area contributed by atoms with E-state index in [1.165, 1.54) is 6.21 Å². The molecule has 26 heavy (non-hydrogen) atoms. The van der Waals surface area contributed by atoms with Crippen LogP contribution in [0.15, 0.2) is 54.9 Å². The van der Waals surface area contributed by atoms with E-state index in [0.29, 0.717) is 28.5 Å². The standard InChI is InChI=1S/C18H13Br2ClN2O3/c1-2-25-15-4-3-13(21)6-11(15)9-22-23-18(24)16-7-10-5-12(19)8-14(20)17(10)26-16/h3-9H,2H2,1H3,(H,23,24)/b22-9-. The van der Waals surface area contributed by atoms with E-state index in [4.69, 9.17) is 20.8 Å². The Morgan fingerprint density at radius 2 is 2.12 bits per heavy atom. The predicted octanol–water partition coefficient (Wildman–Crippen LogP) is 5.77. The van der Waals surface area contributed by atoms with Crippen LogP contribution in [0.25, 0.3) is 11.0 Å². The van der Waals surface area contributed by atoms with Crippen molar-refractivity contribution in [3.8, 4) is 5.75 Å². The summed E-state index contributed by atoms with van der Waals surface area (Å²) in [6.45, 7) is 2.40. The fraction of sp³-hybridized carbons (Fsp3) is 0.111. The van der Waals surface area contributed by atoms with Crippen LogP contribution in [-0.4, -0.2) is 18.7 Å². The zero-order valence-corrected chi connectivity index (χ0v) is 17.5. The van der Waals surface area contributed by atoms with Crippen molar-refractivity contribution in [2.75, 3.05) is 6.61 Å². The van der Waals surface area contributed by atoms with Crippen molar-refractivity contribution in [3.63, 3.8) is 0 Å². The lowest BCUT2D eigenvalue weighted by Gasteiger charge is -2.06. The molecule has 0 saturated heterocycles. The van der Waals surface area contributed by atoms with Crippen LogP contribution in [-0.2, 0) is 0 Å². The zero-order valence-electron chi connectivity index (χ0n) is 13.6. The lowest BCUT2D eigenvalue weighted by Crippen LogP contribution is -2.16. The van der Waals surface area contributed by atoms with Crippen LogP contribution in [0.3, 0.4) is 0 Å². The summed E-state index contributed by atoms with van der Waals surface area (Å²) in [4.78, 5) is 12.3. The number of amides is 1. The Hall–Kier alpha value is -1.83. The number of hydrazone groups is 1. The molecule has 1 heterocycles. The third kappa shape index (κ3) is 4.28. The molecule has 1 N–H and O–H groups in total. The summed E-state index contributed by atoms with van der Waals surface area (Å²) in [6, 6.07) is 10.6. The van der Waals surface area contributed by atoms with Gasteiger partial charge in [-0.1, -0.05) is 27.5 Å². The first-order chi connectivity index (χ1) is 12.5. The number of hydrogen-bond acceptors (Lipinski definition) is 4. The largest absolute Gasteiger partial charge is 0.493 e. The van der Waals surface area contributed by atoms with Gasteiger partial charge >= 0.3 is 5.91 Å². The van der Waals surface area contributed by atoms with Crippen molar-refractivity contribution in [2.45, 2.75) is 6.92 Å². The number of carbonyl (C=O) groups is 1. The molecule has 0 fully saturated rings. The van der Waals surface area contributed by atoms with Crippen LogP contribution in [0, 0.1) is 0 Å². The number of benzene rings is 2.